The first-order valence-electron chi connectivity index (χ1n) is 10.8. The molecule has 2 nitrogen and oxygen atoms in total. The van der Waals surface area contributed by atoms with Gasteiger partial charge in [0.25, 0.3) is 0 Å². The van der Waals surface area contributed by atoms with E-state index in [1.54, 1.807) is 0 Å². The number of fused-ring (bicyclic) bond motifs is 1. The maximum Gasteiger partial charge on any atom is 0.123 e. The molecule has 0 saturated heterocycles. The zero-order chi connectivity index (χ0) is 20.0. The molecule has 1 saturated carbocycles. The minimum Gasteiger partial charge on any atom is -0.507 e. The molecule has 2 heteroatoms. The van der Waals surface area contributed by atoms with Crippen molar-refractivity contribution < 1.29 is 10.2 Å². The fourth-order valence-electron chi connectivity index (χ4n) is 5.63. The highest BCUT2D eigenvalue weighted by molar-refractivity contribution is 5.53. The Labute approximate surface area is 165 Å². The summed E-state index contributed by atoms with van der Waals surface area (Å²) in [7, 11) is 0. The molecular formula is C25H38O2. The van der Waals surface area contributed by atoms with Crippen LogP contribution in [0.4, 0.5) is 0 Å². The third kappa shape index (κ3) is 3.52. The molecule has 3 aliphatic rings. The quantitative estimate of drug-likeness (QED) is 0.399. The molecule has 150 valence electrons. The van der Waals surface area contributed by atoms with E-state index in [-0.39, 0.29) is 28.2 Å². The van der Waals surface area contributed by atoms with Crippen LogP contribution in [-0.4, -0.2) is 10.2 Å². The van der Waals surface area contributed by atoms with E-state index in [1.807, 2.05) is 12.1 Å². The summed E-state index contributed by atoms with van der Waals surface area (Å²) in [5.74, 6) is 1.80. The van der Waals surface area contributed by atoms with Crippen LogP contribution in [-0.2, 0) is 5.41 Å². The first-order chi connectivity index (χ1) is 12.6. The van der Waals surface area contributed by atoms with Crippen LogP contribution in [0.2, 0.25) is 0 Å². The van der Waals surface area contributed by atoms with Crippen LogP contribution >= 0.6 is 0 Å². The van der Waals surface area contributed by atoms with E-state index in [0.29, 0.717) is 11.8 Å². The van der Waals surface area contributed by atoms with Gasteiger partial charge < -0.3 is 10.2 Å². The van der Waals surface area contributed by atoms with E-state index in [2.05, 4.69) is 47.6 Å². The van der Waals surface area contributed by atoms with E-state index in [0.717, 1.165) is 17.5 Å². The van der Waals surface area contributed by atoms with Crippen LogP contribution in [0.1, 0.15) is 97.1 Å². The SMILES string of the molecule is CCCCCCC(C)(C)c1cc(O)c([C@@H]2C=C(C)C3C[C@H]2C3(C)C)c(O)c1. The molecule has 1 aromatic rings. The standard InChI is InChI=1S/C25H38O2/c1-7-8-9-10-11-24(3,4)17-13-21(26)23(22(27)14-17)18-12-16(2)19-15-20(18)25(19,5)6/h12-14,18-20,26-27H,7-11,15H2,1-6H3/t18-,19?,20-/m1/s1. The third-order valence-electron chi connectivity index (χ3n) is 7.68. The van der Waals surface area contributed by atoms with Crippen LogP contribution in [0.3, 0.4) is 0 Å². The van der Waals surface area contributed by atoms with Gasteiger partial charge in [0, 0.05) is 11.5 Å². The van der Waals surface area contributed by atoms with Gasteiger partial charge in [0.15, 0.2) is 0 Å². The number of hydrogen-bond donors (Lipinski definition) is 2. The van der Waals surface area contributed by atoms with Crippen LogP contribution in [0, 0.1) is 17.3 Å². The van der Waals surface area contributed by atoms with Crippen LogP contribution in [0.15, 0.2) is 23.8 Å². The number of unbranched alkanes of at least 4 members (excludes halogenated alkanes) is 3. The summed E-state index contributed by atoms with van der Waals surface area (Å²) in [5.41, 5.74) is 3.39. The van der Waals surface area contributed by atoms with Gasteiger partial charge in [-0.05, 0) is 60.1 Å². The van der Waals surface area contributed by atoms with Gasteiger partial charge in [0.1, 0.15) is 11.5 Å². The summed E-state index contributed by atoms with van der Waals surface area (Å²) in [5, 5.41) is 21.8. The van der Waals surface area contributed by atoms with Crippen molar-refractivity contribution in [3.63, 3.8) is 0 Å². The number of benzene rings is 1. The Morgan fingerprint density at radius 1 is 1.07 bits per heavy atom. The van der Waals surface area contributed by atoms with E-state index in [1.165, 1.54) is 37.7 Å². The molecule has 1 aromatic carbocycles. The largest absolute Gasteiger partial charge is 0.507 e. The highest BCUT2D eigenvalue weighted by Gasteiger charge is 2.55. The number of allylic oxidation sites excluding steroid dienone is 2. The second kappa shape index (κ2) is 7.18. The minimum absolute atomic E-state index is 0.0413. The first kappa shape index (κ1) is 20.3. The van der Waals surface area contributed by atoms with Crippen LogP contribution in [0.25, 0.3) is 0 Å². The lowest BCUT2D eigenvalue weighted by molar-refractivity contribution is -0.0198. The Morgan fingerprint density at radius 3 is 2.22 bits per heavy atom. The van der Waals surface area contributed by atoms with Gasteiger partial charge in [0.05, 0.1) is 0 Å². The van der Waals surface area contributed by atoms with Gasteiger partial charge in [-0.2, -0.15) is 0 Å². The lowest BCUT2D eigenvalue weighted by Crippen LogP contribution is -2.50. The number of phenols is 2. The van der Waals surface area contributed by atoms with Gasteiger partial charge in [-0.3, -0.25) is 0 Å². The Bertz CT molecular complexity index is 703. The number of rotatable bonds is 7. The van der Waals surface area contributed by atoms with Crippen molar-refractivity contribution in [2.45, 2.75) is 91.4 Å². The molecule has 1 fully saturated rings. The van der Waals surface area contributed by atoms with Gasteiger partial charge in [-0.25, -0.2) is 0 Å². The summed E-state index contributed by atoms with van der Waals surface area (Å²) in [6, 6.07) is 3.83. The normalized spacial score (nSPS) is 26.4. The van der Waals surface area contributed by atoms with Crippen molar-refractivity contribution >= 4 is 0 Å². The molecule has 0 aliphatic heterocycles. The zero-order valence-corrected chi connectivity index (χ0v) is 18.1. The zero-order valence-electron chi connectivity index (χ0n) is 18.1. The smallest absolute Gasteiger partial charge is 0.123 e. The second-order valence-electron chi connectivity index (χ2n) is 10.3. The molecule has 0 heterocycles. The molecule has 0 aromatic heterocycles. The Morgan fingerprint density at radius 2 is 1.70 bits per heavy atom. The number of phenolic OH excluding ortho intramolecular Hbond substituents is 2. The predicted molar refractivity (Wildman–Crippen MR) is 113 cm³/mol. The molecule has 2 N–H and O–H groups in total. The predicted octanol–water partition coefficient (Wildman–Crippen LogP) is 7.05. The lowest BCUT2D eigenvalue weighted by Gasteiger charge is -2.59. The van der Waals surface area contributed by atoms with Crippen molar-refractivity contribution in [1.82, 2.24) is 0 Å². The molecule has 27 heavy (non-hydrogen) atoms. The van der Waals surface area contributed by atoms with E-state index >= 15 is 0 Å². The average Bonchev–Trinajstić information content (AvgIpc) is 2.57. The lowest BCUT2D eigenvalue weighted by atomic mass is 9.45. The Balaban J connectivity index is 1.87. The van der Waals surface area contributed by atoms with Gasteiger partial charge in [-0.1, -0.05) is 72.0 Å². The van der Waals surface area contributed by atoms with Crippen molar-refractivity contribution in [3.05, 3.63) is 34.9 Å². The molecule has 0 amide bonds. The van der Waals surface area contributed by atoms with Crippen molar-refractivity contribution in [2.24, 2.45) is 17.3 Å². The molecule has 3 aliphatic carbocycles. The fourth-order valence-corrected chi connectivity index (χ4v) is 5.63. The molecule has 4 rings (SSSR count). The Hall–Kier alpha value is -1.44. The minimum atomic E-state index is -0.0413. The van der Waals surface area contributed by atoms with Crippen LogP contribution < -0.4 is 0 Å². The monoisotopic (exact) mass is 370 g/mol. The van der Waals surface area contributed by atoms with Gasteiger partial charge in [-0.15, -0.1) is 0 Å². The molecule has 1 unspecified atom stereocenters. The molecular weight excluding hydrogens is 332 g/mol. The molecule has 3 atom stereocenters. The second-order valence-corrected chi connectivity index (χ2v) is 10.3. The maximum absolute atomic E-state index is 10.9. The molecule has 2 bridgehead atoms. The highest BCUT2D eigenvalue weighted by Crippen LogP contribution is 2.64. The summed E-state index contributed by atoms with van der Waals surface area (Å²) in [6.45, 7) is 13.5. The Kier molecular flexibility index (Phi) is 5.40. The molecule has 0 radical (unpaired) electrons. The fraction of sp³-hybridized carbons (Fsp3) is 0.680. The summed E-state index contributed by atoms with van der Waals surface area (Å²) in [4.78, 5) is 0. The summed E-state index contributed by atoms with van der Waals surface area (Å²) < 4.78 is 0. The highest BCUT2D eigenvalue weighted by atomic mass is 16.3. The summed E-state index contributed by atoms with van der Waals surface area (Å²) in [6.07, 6.45) is 9.48. The maximum atomic E-state index is 10.9. The van der Waals surface area contributed by atoms with Gasteiger partial charge in [0.2, 0.25) is 0 Å². The third-order valence-corrected chi connectivity index (χ3v) is 7.68. The van der Waals surface area contributed by atoms with Gasteiger partial charge >= 0.3 is 0 Å². The molecule has 0 spiro atoms. The number of hydrogen-bond acceptors (Lipinski definition) is 2. The summed E-state index contributed by atoms with van der Waals surface area (Å²) >= 11 is 0. The van der Waals surface area contributed by atoms with Crippen LogP contribution in [0.5, 0.6) is 11.5 Å². The van der Waals surface area contributed by atoms with E-state index in [9.17, 15) is 10.2 Å². The van der Waals surface area contributed by atoms with E-state index in [4.69, 9.17) is 0 Å². The van der Waals surface area contributed by atoms with Crippen molar-refractivity contribution in [1.29, 1.82) is 0 Å². The first-order valence-corrected chi connectivity index (χ1v) is 10.8. The van der Waals surface area contributed by atoms with E-state index < -0.39 is 0 Å². The van der Waals surface area contributed by atoms with Crippen molar-refractivity contribution in [3.8, 4) is 11.5 Å². The number of aromatic hydroxyl groups is 2. The average molecular weight is 371 g/mol. The topological polar surface area (TPSA) is 40.5 Å². The van der Waals surface area contributed by atoms with Crippen molar-refractivity contribution in [2.75, 3.05) is 0 Å².